The van der Waals surface area contributed by atoms with Gasteiger partial charge in [0.15, 0.2) is 0 Å². The van der Waals surface area contributed by atoms with Crippen LogP contribution in [0, 0.1) is 18.3 Å². The molecule has 2 aromatic carbocycles. The van der Waals surface area contributed by atoms with Crippen molar-refractivity contribution < 1.29 is 0 Å². The third kappa shape index (κ3) is 2.03. The van der Waals surface area contributed by atoms with Crippen molar-refractivity contribution in [1.82, 2.24) is 4.98 Å². The predicted molar refractivity (Wildman–Crippen MR) is 81.6 cm³/mol. The monoisotopic (exact) mass is 278 g/mol. The first-order valence-corrected chi connectivity index (χ1v) is 6.63. The lowest BCUT2D eigenvalue weighted by Gasteiger charge is -2.10. The number of hydrogen-bond donors (Lipinski definition) is 0. The molecule has 0 unspecified atom stereocenters. The number of rotatable bonds is 1. The zero-order valence-corrected chi connectivity index (χ0v) is 11.6. The van der Waals surface area contributed by atoms with E-state index in [1.807, 2.05) is 18.2 Å². The van der Waals surface area contributed by atoms with Gasteiger partial charge in [-0.1, -0.05) is 35.9 Å². The van der Waals surface area contributed by atoms with Crippen LogP contribution in [0.3, 0.4) is 0 Å². The molecule has 0 aliphatic heterocycles. The number of pyridine rings is 1. The van der Waals surface area contributed by atoms with Crippen LogP contribution in [-0.2, 0) is 0 Å². The van der Waals surface area contributed by atoms with E-state index in [2.05, 4.69) is 30.1 Å². The molecule has 2 nitrogen and oxygen atoms in total. The molecule has 3 rings (SSSR count). The van der Waals surface area contributed by atoms with Crippen LogP contribution in [0.15, 0.2) is 48.7 Å². The highest BCUT2D eigenvalue weighted by Gasteiger charge is 2.10. The molecule has 0 amide bonds. The van der Waals surface area contributed by atoms with Crippen molar-refractivity contribution in [3.8, 4) is 17.2 Å². The van der Waals surface area contributed by atoms with E-state index in [4.69, 9.17) is 16.9 Å². The molecule has 3 heteroatoms. The van der Waals surface area contributed by atoms with E-state index in [0.29, 0.717) is 10.6 Å². The number of nitrogens with zero attached hydrogens (tertiary/aromatic N) is 2. The van der Waals surface area contributed by atoms with Gasteiger partial charge in [0.05, 0.1) is 17.1 Å². The maximum atomic E-state index is 8.91. The van der Waals surface area contributed by atoms with E-state index in [1.54, 1.807) is 18.3 Å². The lowest BCUT2D eigenvalue weighted by atomic mass is 9.98. The van der Waals surface area contributed by atoms with Gasteiger partial charge in [-0.3, -0.25) is 4.98 Å². The van der Waals surface area contributed by atoms with Crippen molar-refractivity contribution in [2.45, 2.75) is 6.92 Å². The van der Waals surface area contributed by atoms with Crippen molar-refractivity contribution in [1.29, 1.82) is 5.26 Å². The first-order valence-electron chi connectivity index (χ1n) is 6.25. The molecule has 1 aromatic heterocycles. The number of fused-ring (bicyclic) bond motifs is 1. The molecular formula is C17H11ClN2. The lowest BCUT2D eigenvalue weighted by Crippen LogP contribution is -1.88. The molecule has 0 aliphatic carbocycles. The van der Waals surface area contributed by atoms with E-state index in [-0.39, 0.29) is 0 Å². The van der Waals surface area contributed by atoms with Crippen LogP contribution in [0.5, 0.6) is 0 Å². The molecule has 0 aliphatic rings. The van der Waals surface area contributed by atoms with Gasteiger partial charge in [-0.15, -0.1) is 0 Å². The molecule has 0 N–H and O–H groups in total. The Bertz CT molecular complexity index is 847. The van der Waals surface area contributed by atoms with E-state index in [9.17, 15) is 0 Å². The number of aromatic nitrogens is 1. The normalized spacial score (nSPS) is 10.4. The smallest absolute Gasteiger partial charge is 0.0992 e. The number of benzene rings is 2. The number of nitriles is 1. The Labute approximate surface area is 122 Å². The molecular weight excluding hydrogens is 268 g/mol. The van der Waals surface area contributed by atoms with Crippen molar-refractivity contribution in [2.24, 2.45) is 0 Å². The molecule has 0 saturated carbocycles. The Morgan fingerprint density at radius 3 is 2.65 bits per heavy atom. The minimum absolute atomic E-state index is 0.558. The zero-order chi connectivity index (χ0) is 14.1. The maximum absolute atomic E-state index is 8.91. The minimum Gasteiger partial charge on any atom is -0.256 e. The SMILES string of the molecule is Cc1ccc(-c2ccc(C#N)cc2Cl)c2ncccc12. The number of halogens is 1. The summed E-state index contributed by atoms with van der Waals surface area (Å²) in [4.78, 5) is 4.48. The highest BCUT2D eigenvalue weighted by atomic mass is 35.5. The van der Waals surface area contributed by atoms with Gasteiger partial charge in [0.25, 0.3) is 0 Å². The molecule has 96 valence electrons. The van der Waals surface area contributed by atoms with Crippen LogP contribution in [0.25, 0.3) is 22.0 Å². The quantitative estimate of drug-likeness (QED) is 0.645. The zero-order valence-electron chi connectivity index (χ0n) is 10.9. The lowest BCUT2D eigenvalue weighted by molar-refractivity contribution is 1.39. The summed E-state index contributed by atoms with van der Waals surface area (Å²) in [7, 11) is 0. The average molecular weight is 279 g/mol. The second-order valence-electron chi connectivity index (χ2n) is 4.64. The summed E-state index contributed by atoms with van der Waals surface area (Å²) >= 11 is 6.30. The Morgan fingerprint density at radius 1 is 1.10 bits per heavy atom. The summed E-state index contributed by atoms with van der Waals surface area (Å²) in [6.45, 7) is 2.06. The first-order chi connectivity index (χ1) is 9.70. The van der Waals surface area contributed by atoms with E-state index >= 15 is 0 Å². The van der Waals surface area contributed by atoms with Gasteiger partial charge in [0, 0.05) is 27.7 Å². The first kappa shape index (κ1) is 12.7. The molecule has 20 heavy (non-hydrogen) atoms. The third-order valence-corrected chi connectivity index (χ3v) is 3.69. The predicted octanol–water partition coefficient (Wildman–Crippen LogP) is 4.74. The summed E-state index contributed by atoms with van der Waals surface area (Å²) in [6, 6.07) is 15.5. The number of hydrogen-bond acceptors (Lipinski definition) is 2. The molecule has 1 heterocycles. The molecule has 0 radical (unpaired) electrons. The van der Waals surface area contributed by atoms with Crippen LogP contribution < -0.4 is 0 Å². The molecule has 0 bridgehead atoms. The molecule has 0 atom stereocenters. The average Bonchev–Trinajstić information content (AvgIpc) is 2.48. The van der Waals surface area contributed by atoms with Gasteiger partial charge in [-0.05, 0) is 30.7 Å². The summed E-state index contributed by atoms with van der Waals surface area (Å²) in [5.41, 5.74) is 4.55. The van der Waals surface area contributed by atoms with E-state index < -0.39 is 0 Å². The third-order valence-electron chi connectivity index (χ3n) is 3.38. The van der Waals surface area contributed by atoms with Crippen molar-refractivity contribution in [3.05, 3.63) is 64.8 Å². The van der Waals surface area contributed by atoms with Crippen LogP contribution in [0.4, 0.5) is 0 Å². The maximum Gasteiger partial charge on any atom is 0.0992 e. The van der Waals surface area contributed by atoms with Crippen LogP contribution in [-0.4, -0.2) is 4.98 Å². The second kappa shape index (κ2) is 4.96. The van der Waals surface area contributed by atoms with Crippen LogP contribution in [0.2, 0.25) is 5.02 Å². The summed E-state index contributed by atoms with van der Waals surface area (Å²) in [6.07, 6.45) is 1.78. The molecule has 0 fully saturated rings. The van der Waals surface area contributed by atoms with E-state index in [1.165, 1.54) is 5.56 Å². The van der Waals surface area contributed by atoms with Gasteiger partial charge < -0.3 is 0 Å². The van der Waals surface area contributed by atoms with Crippen molar-refractivity contribution in [3.63, 3.8) is 0 Å². The van der Waals surface area contributed by atoms with Crippen LogP contribution >= 0.6 is 11.6 Å². The molecule has 0 spiro atoms. The largest absolute Gasteiger partial charge is 0.256 e. The molecule has 3 aromatic rings. The Hall–Kier alpha value is -2.37. The van der Waals surface area contributed by atoms with E-state index in [0.717, 1.165) is 22.0 Å². The Balaban J connectivity index is 2.31. The van der Waals surface area contributed by atoms with Crippen molar-refractivity contribution >= 4 is 22.5 Å². The van der Waals surface area contributed by atoms with Gasteiger partial charge in [0.1, 0.15) is 0 Å². The second-order valence-corrected chi connectivity index (χ2v) is 5.04. The van der Waals surface area contributed by atoms with Crippen molar-refractivity contribution in [2.75, 3.05) is 0 Å². The van der Waals surface area contributed by atoms with Crippen LogP contribution in [0.1, 0.15) is 11.1 Å². The standard InChI is InChI=1S/C17H11ClN2/c1-11-4-6-15(17-13(11)3-2-8-20-17)14-7-5-12(10-19)9-16(14)18/h2-9H,1H3. The van der Waals surface area contributed by atoms with Gasteiger partial charge in [-0.2, -0.15) is 5.26 Å². The fourth-order valence-corrected chi connectivity index (χ4v) is 2.62. The van der Waals surface area contributed by atoms with Gasteiger partial charge >= 0.3 is 0 Å². The fraction of sp³-hybridized carbons (Fsp3) is 0.0588. The Morgan fingerprint density at radius 2 is 1.90 bits per heavy atom. The fourth-order valence-electron chi connectivity index (χ4n) is 2.34. The summed E-state index contributed by atoms with van der Waals surface area (Å²) in [5, 5.41) is 10.6. The number of aryl methyl sites for hydroxylation is 1. The highest BCUT2D eigenvalue weighted by Crippen LogP contribution is 2.34. The summed E-state index contributed by atoms with van der Waals surface area (Å²) < 4.78 is 0. The highest BCUT2D eigenvalue weighted by molar-refractivity contribution is 6.33. The Kier molecular flexibility index (Phi) is 3.14. The summed E-state index contributed by atoms with van der Waals surface area (Å²) in [5.74, 6) is 0. The van der Waals surface area contributed by atoms with Gasteiger partial charge in [0.2, 0.25) is 0 Å². The topological polar surface area (TPSA) is 36.7 Å². The van der Waals surface area contributed by atoms with Gasteiger partial charge in [-0.25, -0.2) is 0 Å². The minimum atomic E-state index is 0.558. The molecule has 0 saturated heterocycles.